The van der Waals surface area contributed by atoms with Gasteiger partial charge in [-0.3, -0.25) is 4.79 Å². The minimum Gasteiger partial charge on any atom is -0.476 e. The van der Waals surface area contributed by atoms with Gasteiger partial charge in [-0.2, -0.15) is 0 Å². The molecular weight excluding hydrogens is 224 g/mol. The highest BCUT2D eigenvalue weighted by Gasteiger charge is 2.12. The van der Waals surface area contributed by atoms with E-state index in [4.69, 9.17) is 5.11 Å². The lowest BCUT2D eigenvalue weighted by atomic mass is 10.3. The van der Waals surface area contributed by atoms with Gasteiger partial charge < -0.3 is 15.7 Å². The predicted molar refractivity (Wildman–Crippen MR) is 60.8 cm³/mol. The molecule has 0 saturated heterocycles. The number of anilines is 1. The van der Waals surface area contributed by atoms with Crippen LogP contribution in [0.2, 0.25) is 0 Å². The number of amides is 1. The molecule has 0 aliphatic carbocycles. The molecule has 17 heavy (non-hydrogen) atoms. The lowest BCUT2D eigenvalue weighted by molar-refractivity contribution is -0.121. The summed E-state index contributed by atoms with van der Waals surface area (Å²) >= 11 is 0. The Labute approximate surface area is 98.2 Å². The fourth-order valence-electron chi connectivity index (χ4n) is 1.14. The second-order valence-electron chi connectivity index (χ2n) is 3.37. The minimum absolute atomic E-state index is 0.138. The third-order valence-electron chi connectivity index (χ3n) is 1.99. The SMILES string of the molecule is CCNC(=O)C(C)Nc1ccc(C(=O)O)nn1. The molecule has 0 fully saturated rings. The normalized spacial score (nSPS) is 11.6. The van der Waals surface area contributed by atoms with Gasteiger partial charge in [0.1, 0.15) is 11.9 Å². The van der Waals surface area contributed by atoms with Gasteiger partial charge in [0.25, 0.3) is 0 Å². The van der Waals surface area contributed by atoms with Crippen LogP contribution in [0.4, 0.5) is 5.82 Å². The Balaban J connectivity index is 2.63. The van der Waals surface area contributed by atoms with E-state index in [0.717, 1.165) is 0 Å². The van der Waals surface area contributed by atoms with Gasteiger partial charge in [-0.05, 0) is 26.0 Å². The van der Waals surface area contributed by atoms with Crippen LogP contribution in [0.5, 0.6) is 0 Å². The highest BCUT2D eigenvalue weighted by molar-refractivity contribution is 5.85. The van der Waals surface area contributed by atoms with Crippen LogP contribution in [0.15, 0.2) is 12.1 Å². The summed E-state index contributed by atoms with van der Waals surface area (Å²) in [6.45, 7) is 4.05. The number of likely N-dealkylation sites (N-methyl/N-ethyl adjacent to an activating group) is 1. The topological polar surface area (TPSA) is 104 Å². The first-order valence-corrected chi connectivity index (χ1v) is 5.16. The fourth-order valence-corrected chi connectivity index (χ4v) is 1.14. The van der Waals surface area contributed by atoms with E-state index in [1.54, 1.807) is 6.92 Å². The van der Waals surface area contributed by atoms with Crippen LogP contribution in [0.25, 0.3) is 0 Å². The quantitative estimate of drug-likeness (QED) is 0.672. The molecular formula is C10H14N4O3. The number of aromatic carboxylic acids is 1. The number of rotatable bonds is 5. The van der Waals surface area contributed by atoms with E-state index in [0.29, 0.717) is 12.4 Å². The van der Waals surface area contributed by atoms with Gasteiger partial charge >= 0.3 is 5.97 Å². The molecule has 0 radical (unpaired) electrons. The largest absolute Gasteiger partial charge is 0.476 e. The van der Waals surface area contributed by atoms with Crippen molar-refractivity contribution in [1.82, 2.24) is 15.5 Å². The average molecular weight is 238 g/mol. The summed E-state index contributed by atoms with van der Waals surface area (Å²) in [6, 6.07) is 2.33. The number of hydrogen-bond donors (Lipinski definition) is 3. The lowest BCUT2D eigenvalue weighted by Gasteiger charge is -2.13. The number of carbonyl (C=O) groups excluding carboxylic acids is 1. The number of carbonyl (C=O) groups is 2. The van der Waals surface area contributed by atoms with Crippen molar-refractivity contribution in [3.05, 3.63) is 17.8 Å². The van der Waals surface area contributed by atoms with E-state index in [1.807, 2.05) is 6.92 Å². The highest BCUT2D eigenvalue weighted by Crippen LogP contribution is 2.04. The molecule has 1 rings (SSSR count). The summed E-state index contributed by atoms with van der Waals surface area (Å²) in [5, 5.41) is 21.2. The maximum Gasteiger partial charge on any atom is 0.356 e. The molecule has 1 unspecified atom stereocenters. The summed E-state index contributed by atoms with van der Waals surface area (Å²) in [6.07, 6.45) is 0. The highest BCUT2D eigenvalue weighted by atomic mass is 16.4. The average Bonchev–Trinajstić information content (AvgIpc) is 2.30. The van der Waals surface area contributed by atoms with Crippen molar-refractivity contribution in [1.29, 1.82) is 0 Å². The standard InChI is InChI=1S/C10H14N4O3/c1-3-11-9(15)6(2)12-8-5-4-7(10(16)17)13-14-8/h4-6H,3H2,1-2H3,(H,11,15)(H,12,14)(H,16,17). The molecule has 1 heterocycles. The van der Waals surface area contributed by atoms with Crippen molar-refractivity contribution >= 4 is 17.7 Å². The third-order valence-corrected chi connectivity index (χ3v) is 1.99. The summed E-state index contributed by atoms with van der Waals surface area (Å²) in [7, 11) is 0. The van der Waals surface area contributed by atoms with Gasteiger partial charge in [-0.1, -0.05) is 0 Å². The van der Waals surface area contributed by atoms with Crippen LogP contribution in [0, 0.1) is 0 Å². The van der Waals surface area contributed by atoms with Gasteiger partial charge in [-0.25, -0.2) is 4.79 Å². The Bertz CT molecular complexity index is 405. The van der Waals surface area contributed by atoms with Crippen molar-refractivity contribution in [2.45, 2.75) is 19.9 Å². The summed E-state index contributed by atoms with van der Waals surface area (Å²) in [5.41, 5.74) is -0.138. The van der Waals surface area contributed by atoms with Crippen LogP contribution in [-0.2, 0) is 4.79 Å². The van der Waals surface area contributed by atoms with E-state index >= 15 is 0 Å². The molecule has 0 aromatic carbocycles. The van der Waals surface area contributed by atoms with Gasteiger partial charge in [-0.15, -0.1) is 10.2 Å². The Hall–Kier alpha value is -2.18. The molecule has 0 aliphatic rings. The lowest BCUT2D eigenvalue weighted by Crippen LogP contribution is -2.37. The molecule has 0 bridgehead atoms. The number of carboxylic acid groups (broad SMARTS) is 1. The van der Waals surface area contributed by atoms with Crippen molar-refractivity contribution < 1.29 is 14.7 Å². The minimum atomic E-state index is -1.14. The van der Waals surface area contributed by atoms with Crippen molar-refractivity contribution in [3.8, 4) is 0 Å². The second kappa shape index (κ2) is 5.78. The number of nitrogens with zero attached hydrogens (tertiary/aromatic N) is 2. The maximum atomic E-state index is 11.4. The molecule has 0 saturated carbocycles. The van der Waals surface area contributed by atoms with Crippen LogP contribution in [-0.4, -0.2) is 39.8 Å². The van der Waals surface area contributed by atoms with Crippen molar-refractivity contribution in [2.75, 3.05) is 11.9 Å². The van der Waals surface area contributed by atoms with Crippen LogP contribution in [0.3, 0.4) is 0 Å². The molecule has 0 spiro atoms. The van der Waals surface area contributed by atoms with Crippen molar-refractivity contribution in [3.63, 3.8) is 0 Å². The van der Waals surface area contributed by atoms with E-state index in [2.05, 4.69) is 20.8 Å². The van der Waals surface area contributed by atoms with Gasteiger partial charge in [0, 0.05) is 6.54 Å². The molecule has 1 aromatic rings. The number of hydrogen-bond acceptors (Lipinski definition) is 5. The zero-order valence-electron chi connectivity index (χ0n) is 9.60. The summed E-state index contributed by atoms with van der Waals surface area (Å²) in [5.74, 6) is -0.939. The van der Waals surface area contributed by atoms with Gasteiger partial charge in [0.05, 0.1) is 0 Å². The van der Waals surface area contributed by atoms with E-state index in [1.165, 1.54) is 12.1 Å². The molecule has 1 atom stereocenters. The summed E-state index contributed by atoms with van der Waals surface area (Å²) < 4.78 is 0. The smallest absolute Gasteiger partial charge is 0.356 e. The van der Waals surface area contributed by atoms with Gasteiger partial charge in [0.2, 0.25) is 5.91 Å². The molecule has 92 valence electrons. The van der Waals surface area contributed by atoms with E-state index in [-0.39, 0.29) is 11.6 Å². The molecule has 7 nitrogen and oxygen atoms in total. The molecule has 1 amide bonds. The number of nitrogens with one attached hydrogen (secondary N) is 2. The molecule has 0 aliphatic heterocycles. The predicted octanol–water partition coefficient (Wildman–Crippen LogP) is 0.111. The molecule has 3 N–H and O–H groups in total. The van der Waals surface area contributed by atoms with Crippen LogP contribution in [0.1, 0.15) is 24.3 Å². The Kier molecular flexibility index (Phi) is 4.38. The Morgan fingerprint density at radius 1 is 1.41 bits per heavy atom. The summed E-state index contributed by atoms with van der Waals surface area (Å²) in [4.78, 5) is 21.9. The van der Waals surface area contributed by atoms with Gasteiger partial charge in [0.15, 0.2) is 5.69 Å². The monoisotopic (exact) mass is 238 g/mol. The Morgan fingerprint density at radius 2 is 2.12 bits per heavy atom. The zero-order valence-corrected chi connectivity index (χ0v) is 9.60. The number of aromatic nitrogens is 2. The first kappa shape index (κ1) is 12.9. The Morgan fingerprint density at radius 3 is 2.59 bits per heavy atom. The maximum absolute atomic E-state index is 11.4. The fraction of sp³-hybridized carbons (Fsp3) is 0.400. The second-order valence-corrected chi connectivity index (χ2v) is 3.37. The number of carboxylic acids is 1. The zero-order chi connectivity index (χ0) is 12.8. The molecule has 7 heteroatoms. The van der Waals surface area contributed by atoms with Crippen LogP contribution >= 0.6 is 0 Å². The third kappa shape index (κ3) is 3.71. The van der Waals surface area contributed by atoms with E-state index < -0.39 is 12.0 Å². The molecule has 1 aromatic heterocycles. The van der Waals surface area contributed by atoms with Crippen molar-refractivity contribution in [2.24, 2.45) is 0 Å². The van der Waals surface area contributed by atoms with E-state index in [9.17, 15) is 9.59 Å². The first-order chi connectivity index (χ1) is 8.04. The van der Waals surface area contributed by atoms with Crippen LogP contribution < -0.4 is 10.6 Å². The first-order valence-electron chi connectivity index (χ1n) is 5.16.